The number of nitrogens with two attached hydrogens (primary N) is 1. The van der Waals surface area contributed by atoms with E-state index < -0.39 is 0 Å². The molecule has 0 bridgehead atoms. The lowest BCUT2D eigenvalue weighted by molar-refractivity contribution is 0.785. The van der Waals surface area contributed by atoms with Gasteiger partial charge in [-0.1, -0.05) is 6.07 Å². The van der Waals surface area contributed by atoms with E-state index in [0.717, 1.165) is 11.6 Å². The predicted molar refractivity (Wildman–Crippen MR) is 61.6 cm³/mol. The van der Waals surface area contributed by atoms with Gasteiger partial charge in [0.1, 0.15) is 0 Å². The van der Waals surface area contributed by atoms with Gasteiger partial charge >= 0.3 is 0 Å². The van der Waals surface area contributed by atoms with E-state index in [1.165, 1.54) is 30.6 Å². The number of benzene rings is 1. The number of anilines is 2. The van der Waals surface area contributed by atoms with Gasteiger partial charge < -0.3 is 10.6 Å². The first kappa shape index (κ1) is 9.38. The molecule has 1 aliphatic rings. The first-order chi connectivity index (χ1) is 6.66. The first-order valence-corrected chi connectivity index (χ1v) is 5.24. The zero-order valence-electron chi connectivity index (χ0n) is 8.96. The summed E-state index contributed by atoms with van der Waals surface area (Å²) in [5, 5.41) is 0. The van der Waals surface area contributed by atoms with Crippen molar-refractivity contribution in [2.24, 2.45) is 5.92 Å². The van der Waals surface area contributed by atoms with E-state index in [0.29, 0.717) is 0 Å². The molecular weight excluding hydrogens is 172 g/mol. The molecule has 2 rings (SSSR count). The van der Waals surface area contributed by atoms with Crippen LogP contribution in [0.1, 0.15) is 18.4 Å². The number of nitrogens with zero attached hydrogens (tertiary/aromatic N) is 1. The van der Waals surface area contributed by atoms with Crippen LogP contribution in [0.4, 0.5) is 11.4 Å². The lowest BCUT2D eigenvalue weighted by atomic mass is 10.1. The summed E-state index contributed by atoms with van der Waals surface area (Å²) >= 11 is 0. The van der Waals surface area contributed by atoms with Crippen LogP contribution in [0.3, 0.4) is 0 Å². The van der Waals surface area contributed by atoms with Gasteiger partial charge in [0, 0.05) is 25.0 Å². The van der Waals surface area contributed by atoms with Gasteiger partial charge in [-0.25, -0.2) is 0 Å². The molecule has 1 aliphatic carbocycles. The van der Waals surface area contributed by atoms with Crippen LogP contribution < -0.4 is 10.6 Å². The summed E-state index contributed by atoms with van der Waals surface area (Å²) in [6, 6.07) is 6.12. The Bertz CT molecular complexity index is 329. The molecule has 0 saturated heterocycles. The highest BCUT2D eigenvalue weighted by atomic mass is 15.1. The van der Waals surface area contributed by atoms with Crippen LogP contribution in [0.2, 0.25) is 0 Å². The molecule has 0 radical (unpaired) electrons. The minimum absolute atomic E-state index is 0.855. The summed E-state index contributed by atoms with van der Waals surface area (Å²) in [5.41, 5.74) is 9.22. The van der Waals surface area contributed by atoms with Crippen molar-refractivity contribution in [3.63, 3.8) is 0 Å². The smallest absolute Gasteiger partial charge is 0.0414 e. The molecule has 1 saturated carbocycles. The summed E-state index contributed by atoms with van der Waals surface area (Å²) < 4.78 is 0. The number of hydrogen-bond acceptors (Lipinski definition) is 2. The third-order valence-electron chi connectivity index (χ3n) is 2.87. The van der Waals surface area contributed by atoms with E-state index in [4.69, 9.17) is 5.73 Å². The lowest BCUT2D eigenvalue weighted by Gasteiger charge is -2.21. The fourth-order valence-corrected chi connectivity index (χ4v) is 1.82. The van der Waals surface area contributed by atoms with E-state index in [2.05, 4.69) is 31.0 Å². The maximum absolute atomic E-state index is 5.79. The van der Waals surface area contributed by atoms with E-state index in [1.807, 2.05) is 6.07 Å². The molecule has 1 aromatic rings. The lowest BCUT2D eigenvalue weighted by Crippen LogP contribution is -2.20. The normalized spacial score (nSPS) is 15.6. The van der Waals surface area contributed by atoms with E-state index in [1.54, 1.807) is 0 Å². The number of hydrogen-bond donors (Lipinski definition) is 1. The van der Waals surface area contributed by atoms with Crippen molar-refractivity contribution in [3.05, 3.63) is 23.8 Å². The van der Waals surface area contributed by atoms with Crippen molar-refractivity contribution in [2.75, 3.05) is 24.2 Å². The molecular formula is C12H18N2. The van der Waals surface area contributed by atoms with E-state index >= 15 is 0 Å². The van der Waals surface area contributed by atoms with Gasteiger partial charge in [-0.3, -0.25) is 0 Å². The summed E-state index contributed by atoms with van der Waals surface area (Å²) in [5.74, 6) is 0.917. The van der Waals surface area contributed by atoms with E-state index in [-0.39, 0.29) is 0 Å². The Morgan fingerprint density at radius 1 is 1.43 bits per heavy atom. The van der Waals surface area contributed by atoms with Crippen molar-refractivity contribution < 1.29 is 0 Å². The van der Waals surface area contributed by atoms with Crippen LogP contribution >= 0.6 is 0 Å². The predicted octanol–water partition coefficient (Wildman–Crippen LogP) is 2.42. The topological polar surface area (TPSA) is 29.3 Å². The fraction of sp³-hybridized carbons (Fsp3) is 0.500. The Hall–Kier alpha value is -1.18. The maximum Gasteiger partial charge on any atom is 0.0414 e. The summed E-state index contributed by atoms with van der Waals surface area (Å²) in [6.45, 7) is 3.31. The molecule has 2 nitrogen and oxygen atoms in total. The van der Waals surface area contributed by atoms with Crippen molar-refractivity contribution in [2.45, 2.75) is 19.8 Å². The Morgan fingerprint density at radius 2 is 2.14 bits per heavy atom. The summed E-state index contributed by atoms with van der Waals surface area (Å²) in [4.78, 5) is 2.32. The quantitative estimate of drug-likeness (QED) is 0.742. The van der Waals surface area contributed by atoms with Crippen molar-refractivity contribution >= 4 is 11.4 Å². The summed E-state index contributed by atoms with van der Waals surface area (Å²) in [7, 11) is 2.15. The second-order valence-corrected chi connectivity index (χ2v) is 4.37. The van der Waals surface area contributed by atoms with Gasteiger partial charge in [0.15, 0.2) is 0 Å². The summed E-state index contributed by atoms with van der Waals surface area (Å²) in [6.07, 6.45) is 2.79. The average Bonchev–Trinajstić information content (AvgIpc) is 2.93. The molecule has 0 heterocycles. The minimum atomic E-state index is 0.855. The van der Waals surface area contributed by atoms with Crippen molar-refractivity contribution in [1.82, 2.24) is 0 Å². The largest absolute Gasteiger partial charge is 0.399 e. The van der Waals surface area contributed by atoms with Crippen LogP contribution in [0.5, 0.6) is 0 Å². The number of aryl methyl sites for hydroxylation is 1. The SMILES string of the molecule is Cc1ccc(N)cc1N(C)CC1CC1. The third-order valence-corrected chi connectivity index (χ3v) is 2.87. The highest BCUT2D eigenvalue weighted by Crippen LogP contribution is 2.32. The molecule has 76 valence electrons. The zero-order chi connectivity index (χ0) is 10.1. The Morgan fingerprint density at radius 3 is 2.79 bits per heavy atom. The molecule has 1 fully saturated rings. The van der Waals surface area contributed by atoms with Gasteiger partial charge in [-0.05, 0) is 43.4 Å². The first-order valence-electron chi connectivity index (χ1n) is 5.24. The molecule has 1 aromatic carbocycles. The molecule has 0 amide bonds. The monoisotopic (exact) mass is 190 g/mol. The van der Waals surface area contributed by atoms with Gasteiger partial charge in [0.05, 0.1) is 0 Å². The van der Waals surface area contributed by atoms with Crippen LogP contribution in [0.15, 0.2) is 18.2 Å². The highest BCUT2D eigenvalue weighted by molar-refractivity contribution is 5.60. The number of nitrogen functional groups attached to an aromatic ring is 1. The molecule has 0 aromatic heterocycles. The molecule has 0 unspecified atom stereocenters. The van der Waals surface area contributed by atoms with Crippen LogP contribution in [-0.4, -0.2) is 13.6 Å². The highest BCUT2D eigenvalue weighted by Gasteiger charge is 2.23. The third kappa shape index (κ3) is 2.00. The molecule has 0 aliphatic heterocycles. The van der Waals surface area contributed by atoms with Gasteiger partial charge in [-0.15, -0.1) is 0 Å². The molecule has 2 heteroatoms. The average molecular weight is 190 g/mol. The standard InChI is InChI=1S/C12H18N2/c1-9-3-6-11(13)7-12(9)14(2)8-10-4-5-10/h3,6-7,10H,4-5,8,13H2,1-2H3. The van der Waals surface area contributed by atoms with Crippen molar-refractivity contribution in [3.8, 4) is 0 Å². The van der Waals surface area contributed by atoms with E-state index in [9.17, 15) is 0 Å². The Kier molecular flexibility index (Phi) is 2.36. The molecule has 14 heavy (non-hydrogen) atoms. The van der Waals surface area contributed by atoms with Crippen molar-refractivity contribution in [1.29, 1.82) is 0 Å². The van der Waals surface area contributed by atoms with Crippen LogP contribution in [0, 0.1) is 12.8 Å². The fourth-order valence-electron chi connectivity index (χ4n) is 1.82. The van der Waals surface area contributed by atoms with Crippen LogP contribution in [-0.2, 0) is 0 Å². The van der Waals surface area contributed by atoms with Gasteiger partial charge in [0.2, 0.25) is 0 Å². The zero-order valence-corrected chi connectivity index (χ0v) is 8.96. The van der Waals surface area contributed by atoms with Crippen LogP contribution in [0.25, 0.3) is 0 Å². The Balaban J connectivity index is 2.15. The van der Waals surface area contributed by atoms with Gasteiger partial charge in [0.25, 0.3) is 0 Å². The Labute approximate surface area is 85.7 Å². The molecule has 2 N–H and O–H groups in total. The van der Waals surface area contributed by atoms with Gasteiger partial charge in [-0.2, -0.15) is 0 Å². The molecule has 0 atom stereocenters. The molecule has 0 spiro atoms. The second-order valence-electron chi connectivity index (χ2n) is 4.37. The maximum atomic E-state index is 5.79. The number of rotatable bonds is 3. The second kappa shape index (κ2) is 3.52. The minimum Gasteiger partial charge on any atom is -0.399 e.